The Morgan fingerprint density at radius 1 is 0.410 bits per heavy atom. The molecule has 0 aliphatic heterocycles. The summed E-state index contributed by atoms with van der Waals surface area (Å²) in [6, 6.07) is 21.6. The number of ether oxygens (including phenoxy) is 1. The predicted octanol–water partition coefficient (Wildman–Crippen LogP) is 6.22. The maximum atomic E-state index is 11.9. The Morgan fingerprint density at radius 2 is 0.615 bits per heavy atom. The van der Waals surface area contributed by atoms with E-state index in [9.17, 15) is 40.5 Å². The van der Waals surface area contributed by atoms with Gasteiger partial charge < -0.3 is 4.74 Å². The molecule has 0 atom stereocenters. The van der Waals surface area contributed by atoms with E-state index in [4.69, 9.17) is 4.74 Å². The number of benzene rings is 4. The van der Waals surface area contributed by atoms with Crippen molar-refractivity contribution in [3.63, 3.8) is 0 Å². The molecule has 0 heterocycles. The fraction of sp³-hybridized carbons (Fsp3) is 0.0769. The number of nitrogens with zero attached hydrogens (tertiary/aromatic N) is 4. The summed E-state index contributed by atoms with van der Waals surface area (Å²) in [6.07, 6.45) is -3.06. The van der Waals surface area contributed by atoms with Gasteiger partial charge >= 0.3 is 0 Å². The lowest BCUT2D eigenvalue weighted by Gasteiger charge is -2.26. The number of nitro benzene ring substituents is 4. The summed E-state index contributed by atoms with van der Waals surface area (Å²) in [4.78, 5) is 44.9. The first-order valence-electron chi connectivity index (χ1n) is 11.3. The molecule has 196 valence electrons. The van der Waals surface area contributed by atoms with Crippen LogP contribution < -0.4 is 0 Å². The first-order chi connectivity index (χ1) is 18.7. The molecule has 13 heteroatoms. The van der Waals surface area contributed by atoms with E-state index in [1.54, 1.807) is 0 Å². The number of para-hydroxylation sites is 4. The number of hydrogen-bond donors (Lipinski definition) is 0. The summed E-state index contributed by atoms with van der Waals surface area (Å²) in [5, 5.41) is 47.7. The van der Waals surface area contributed by atoms with Gasteiger partial charge in [0.15, 0.2) is 0 Å². The van der Waals surface area contributed by atoms with Crippen molar-refractivity contribution in [3.8, 4) is 0 Å². The molecule has 4 aromatic rings. The maximum absolute atomic E-state index is 11.9. The van der Waals surface area contributed by atoms with Crippen LogP contribution in [-0.2, 0) is 4.74 Å². The highest BCUT2D eigenvalue weighted by molar-refractivity contribution is 5.54. The van der Waals surface area contributed by atoms with Gasteiger partial charge in [0.1, 0.15) is 12.2 Å². The molecule has 4 aromatic carbocycles. The highest BCUT2D eigenvalue weighted by Crippen LogP contribution is 2.45. The number of rotatable bonds is 10. The van der Waals surface area contributed by atoms with Crippen molar-refractivity contribution in [2.24, 2.45) is 0 Å². The van der Waals surface area contributed by atoms with Crippen LogP contribution in [0.4, 0.5) is 22.7 Å². The first kappa shape index (κ1) is 26.5. The summed E-state index contributed by atoms with van der Waals surface area (Å²) >= 11 is 0. The summed E-state index contributed by atoms with van der Waals surface area (Å²) in [5.41, 5.74) is -2.04. The smallest absolute Gasteiger partial charge is 0.275 e. The predicted molar refractivity (Wildman–Crippen MR) is 137 cm³/mol. The van der Waals surface area contributed by atoms with Gasteiger partial charge in [-0.2, -0.15) is 0 Å². The lowest BCUT2D eigenvalue weighted by Crippen LogP contribution is -2.17. The van der Waals surface area contributed by atoms with Crippen molar-refractivity contribution in [3.05, 3.63) is 160 Å². The van der Waals surface area contributed by atoms with Crippen LogP contribution in [0.3, 0.4) is 0 Å². The maximum Gasteiger partial charge on any atom is 0.275 e. The molecule has 0 saturated heterocycles. The van der Waals surface area contributed by atoms with Crippen LogP contribution in [0.1, 0.15) is 34.5 Å². The summed E-state index contributed by atoms with van der Waals surface area (Å²) in [5.74, 6) is 0. The van der Waals surface area contributed by atoms with E-state index in [-0.39, 0.29) is 22.3 Å². The number of hydrogen-bond acceptors (Lipinski definition) is 9. The van der Waals surface area contributed by atoms with Crippen LogP contribution in [0.15, 0.2) is 97.1 Å². The molecule has 0 N–H and O–H groups in total. The summed E-state index contributed by atoms with van der Waals surface area (Å²) in [6.45, 7) is 0. The van der Waals surface area contributed by atoms with E-state index < -0.39 is 54.7 Å². The van der Waals surface area contributed by atoms with Crippen LogP contribution in [0.5, 0.6) is 0 Å². The van der Waals surface area contributed by atoms with Crippen molar-refractivity contribution in [1.82, 2.24) is 0 Å². The highest BCUT2D eigenvalue weighted by atomic mass is 16.6. The third-order valence-corrected chi connectivity index (χ3v) is 5.94. The Balaban J connectivity index is 2.04. The molecular formula is C26H18N4O9. The molecule has 0 saturated carbocycles. The van der Waals surface area contributed by atoms with Gasteiger partial charge in [-0.3, -0.25) is 40.5 Å². The minimum atomic E-state index is -1.53. The second kappa shape index (κ2) is 11.2. The Labute approximate surface area is 219 Å². The normalized spacial score (nSPS) is 10.9. The third-order valence-electron chi connectivity index (χ3n) is 5.94. The Hall–Kier alpha value is -5.56. The lowest BCUT2D eigenvalue weighted by atomic mass is 9.95. The first-order valence-corrected chi connectivity index (χ1v) is 11.3. The van der Waals surface area contributed by atoms with E-state index in [1.807, 2.05) is 0 Å². The van der Waals surface area contributed by atoms with Crippen LogP contribution in [-0.4, -0.2) is 19.7 Å². The molecule has 0 aliphatic rings. The summed E-state index contributed by atoms with van der Waals surface area (Å²) < 4.78 is 6.34. The highest BCUT2D eigenvalue weighted by Gasteiger charge is 2.36. The molecule has 0 spiro atoms. The van der Waals surface area contributed by atoms with E-state index in [0.29, 0.717) is 0 Å². The average Bonchev–Trinajstić information content (AvgIpc) is 2.93. The molecule has 13 nitrogen and oxygen atoms in total. The Morgan fingerprint density at radius 3 is 0.821 bits per heavy atom. The number of nitro groups is 4. The minimum Gasteiger partial charge on any atom is -0.355 e. The van der Waals surface area contributed by atoms with Crippen LogP contribution >= 0.6 is 0 Å². The van der Waals surface area contributed by atoms with Crippen molar-refractivity contribution in [2.45, 2.75) is 12.2 Å². The van der Waals surface area contributed by atoms with E-state index in [2.05, 4.69) is 0 Å². The van der Waals surface area contributed by atoms with Crippen molar-refractivity contribution < 1.29 is 24.4 Å². The van der Waals surface area contributed by atoms with Gasteiger partial charge in [0.25, 0.3) is 22.7 Å². The van der Waals surface area contributed by atoms with Crippen molar-refractivity contribution in [2.75, 3.05) is 0 Å². The molecule has 4 rings (SSSR count). The van der Waals surface area contributed by atoms with Crippen LogP contribution in [0.2, 0.25) is 0 Å². The second-order valence-corrected chi connectivity index (χ2v) is 8.16. The van der Waals surface area contributed by atoms with Gasteiger partial charge in [0, 0.05) is 24.3 Å². The minimum absolute atomic E-state index is 0.0843. The fourth-order valence-electron chi connectivity index (χ4n) is 4.27. The molecule has 39 heavy (non-hydrogen) atoms. The SMILES string of the molecule is O=[N+]([O-])c1ccccc1C(OC(c1ccccc1[N+](=O)[O-])c1ccccc1[N+](=O)[O-])c1ccccc1[N+](=O)[O-]. The zero-order valence-electron chi connectivity index (χ0n) is 19.9. The Bertz CT molecular complexity index is 1360. The lowest BCUT2D eigenvalue weighted by molar-refractivity contribution is -0.388. The molecule has 0 amide bonds. The second-order valence-electron chi connectivity index (χ2n) is 8.16. The molecular weight excluding hydrogens is 512 g/mol. The Kier molecular flexibility index (Phi) is 7.63. The van der Waals surface area contributed by atoms with Crippen LogP contribution in [0, 0.1) is 40.5 Å². The van der Waals surface area contributed by atoms with Gasteiger partial charge in [-0.15, -0.1) is 0 Å². The van der Waals surface area contributed by atoms with Gasteiger partial charge in [0.05, 0.1) is 41.9 Å². The zero-order chi connectivity index (χ0) is 28.1. The standard InChI is InChI=1S/C26H18N4O9/c31-27(32)21-13-5-1-9-17(21)25(18-10-2-6-14-22(18)28(33)34)39-26(19-11-3-7-15-23(19)29(35)36)20-12-4-8-16-24(20)30(37)38/h1-16,25-26H. The molecule has 0 bridgehead atoms. The van der Waals surface area contributed by atoms with E-state index in [1.165, 1.54) is 97.1 Å². The quantitative estimate of drug-likeness (QED) is 0.170. The zero-order valence-corrected chi connectivity index (χ0v) is 19.9. The van der Waals surface area contributed by atoms with Crippen LogP contribution in [0.25, 0.3) is 0 Å². The van der Waals surface area contributed by atoms with Crippen molar-refractivity contribution >= 4 is 22.7 Å². The van der Waals surface area contributed by atoms with Gasteiger partial charge in [-0.05, 0) is 24.3 Å². The van der Waals surface area contributed by atoms with Gasteiger partial charge in [-0.25, -0.2) is 0 Å². The largest absolute Gasteiger partial charge is 0.355 e. The van der Waals surface area contributed by atoms with Gasteiger partial charge in [0.2, 0.25) is 0 Å². The van der Waals surface area contributed by atoms with E-state index in [0.717, 1.165) is 0 Å². The fourth-order valence-corrected chi connectivity index (χ4v) is 4.27. The molecule has 0 aromatic heterocycles. The van der Waals surface area contributed by atoms with E-state index >= 15 is 0 Å². The third kappa shape index (κ3) is 5.42. The molecule has 0 unspecified atom stereocenters. The summed E-state index contributed by atoms with van der Waals surface area (Å²) in [7, 11) is 0. The molecule has 0 aliphatic carbocycles. The van der Waals surface area contributed by atoms with Gasteiger partial charge in [-0.1, -0.05) is 48.5 Å². The molecule has 0 fully saturated rings. The van der Waals surface area contributed by atoms with Crippen molar-refractivity contribution in [1.29, 1.82) is 0 Å². The topological polar surface area (TPSA) is 182 Å². The molecule has 0 radical (unpaired) electrons. The average molecular weight is 530 g/mol. The monoisotopic (exact) mass is 530 g/mol.